The molecule has 0 saturated heterocycles. The zero-order valence-electron chi connectivity index (χ0n) is 12.3. The van der Waals surface area contributed by atoms with Gasteiger partial charge in [-0.3, -0.25) is 4.79 Å². The van der Waals surface area contributed by atoms with E-state index in [-0.39, 0.29) is 11.7 Å². The molecule has 2 rings (SSSR count). The predicted molar refractivity (Wildman–Crippen MR) is 79.2 cm³/mol. The van der Waals surface area contributed by atoms with E-state index in [2.05, 4.69) is 11.9 Å². The van der Waals surface area contributed by atoms with Crippen LogP contribution in [0.5, 0.6) is 0 Å². The highest BCUT2D eigenvalue weighted by atomic mass is 19.1. The lowest BCUT2D eigenvalue weighted by atomic mass is 10.1. The summed E-state index contributed by atoms with van der Waals surface area (Å²) in [5, 5.41) is 0.805. The van der Waals surface area contributed by atoms with Crippen LogP contribution in [0.15, 0.2) is 18.2 Å². The highest BCUT2D eigenvalue weighted by molar-refractivity contribution is 5.90. The molecular weight excluding hydrogens is 255 g/mol. The molecular formula is C16H21FN2O. The Kier molecular flexibility index (Phi) is 4.42. The monoisotopic (exact) mass is 276 g/mol. The third-order valence-corrected chi connectivity index (χ3v) is 3.68. The molecule has 0 atom stereocenters. The van der Waals surface area contributed by atoms with Crippen molar-refractivity contribution in [1.29, 1.82) is 0 Å². The maximum absolute atomic E-state index is 13.4. The summed E-state index contributed by atoms with van der Waals surface area (Å²) < 4.78 is 13.4. The number of fused-ring (bicyclic) bond motifs is 1. The van der Waals surface area contributed by atoms with Crippen LogP contribution in [0.2, 0.25) is 0 Å². The number of aromatic nitrogens is 1. The Balaban J connectivity index is 2.22. The number of rotatable bonds is 5. The molecule has 0 saturated carbocycles. The third kappa shape index (κ3) is 3.00. The molecule has 4 heteroatoms. The molecule has 0 aliphatic rings. The van der Waals surface area contributed by atoms with Crippen molar-refractivity contribution in [2.24, 2.45) is 0 Å². The lowest BCUT2D eigenvalue weighted by Crippen LogP contribution is -2.29. The van der Waals surface area contributed by atoms with Crippen LogP contribution in [0.25, 0.3) is 10.9 Å². The molecule has 0 fully saturated rings. The van der Waals surface area contributed by atoms with Crippen LogP contribution in [0, 0.1) is 12.7 Å². The molecule has 2 aromatic rings. The summed E-state index contributed by atoms with van der Waals surface area (Å²) in [5.41, 5.74) is 2.71. The van der Waals surface area contributed by atoms with Crippen LogP contribution in [0.4, 0.5) is 4.39 Å². The number of aryl methyl sites for hydroxylation is 1. The molecule has 108 valence electrons. The van der Waals surface area contributed by atoms with Crippen LogP contribution >= 0.6 is 0 Å². The maximum atomic E-state index is 13.4. The van der Waals surface area contributed by atoms with Crippen molar-refractivity contribution in [2.45, 2.75) is 33.1 Å². The maximum Gasteiger partial charge on any atom is 0.226 e. The third-order valence-electron chi connectivity index (χ3n) is 3.68. The standard InChI is InChI=1S/C16H21FN2O/c1-4-5-8-19(3)16(20)10-13-11(2)18-15-7-6-12(17)9-14(13)15/h6-7,9,18H,4-5,8,10H2,1-3H3. The van der Waals surface area contributed by atoms with E-state index >= 15 is 0 Å². The van der Waals surface area contributed by atoms with Crippen molar-refractivity contribution in [2.75, 3.05) is 13.6 Å². The molecule has 0 aliphatic carbocycles. The first-order valence-corrected chi connectivity index (χ1v) is 7.03. The van der Waals surface area contributed by atoms with Gasteiger partial charge in [-0.15, -0.1) is 0 Å². The summed E-state index contributed by atoms with van der Waals surface area (Å²) in [6.07, 6.45) is 2.38. The van der Waals surface area contributed by atoms with Gasteiger partial charge in [-0.25, -0.2) is 4.39 Å². The van der Waals surface area contributed by atoms with Crippen molar-refractivity contribution in [3.8, 4) is 0 Å². The van der Waals surface area contributed by atoms with E-state index < -0.39 is 0 Å². The molecule has 1 N–H and O–H groups in total. The first-order chi connectivity index (χ1) is 9.52. The number of amides is 1. The minimum atomic E-state index is -0.274. The summed E-state index contributed by atoms with van der Waals surface area (Å²) in [6, 6.07) is 4.64. The Bertz CT molecular complexity index is 618. The van der Waals surface area contributed by atoms with Crippen molar-refractivity contribution < 1.29 is 9.18 Å². The lowest BCUT2D eigenvalue weighted by Gasteiger charge is -2.16. The average molecular weight is 276 g/mol. The Morgan fingerprint density at radius 3 is 2.85 bits per heavy atom. The van der Waals surface area contributed by atoms with Crippen LogP contribution < -0.4 is 0 Å². The van der Waals surface area contributed by atoms with Crippen LogP contribution in [0.1, 0.15) is 31.0 Å². The average Bonchev–Trinajstić information content (AvgIpc) is 2.72. The summed E-state index contributed by atoms with van der Waals surface area (Å²) in [4.78, 5) is 17.2. The van der Waals surface area contributed by atoms with E-state index in [1.54, 1.807) is 11.0 Å². The van der Waals surface area contributed by atoms with Crippen molar-refractivity contribution in [3.05, 3.63) is 35.3 Å². The first-order valence-electron chi connectivity index (χ1n) is 7.03. The molecule has 0 bridgehead atoms. The molecule has 3 nitrogen and oxygen atoms in total. The van der Waals surface area contributed by atoms with Gasteiger partial charge in [0.15, 0.2) is 0 Å². The first kappa shape index (κ1) is 14.6. The number of benzene rings is 1. The molecule has 1 heterocycles. The Labute approximate surface area is 118 Å². The molecule has 1 aromatic carbocycles. The number of unbranched alkanes of at least 4 members (excludes halogenated alkanes) is 1. The summed E-state index contributed by atoms with van der Waals surface area (Å²) in [6.45, 7) is 4.79. The summed E-state index contributed by atoms with van der Waals surface area (Å²) in [7, 11) is 1.82. The van der Waals surface area contributed by atoms with Gasteiger partial charge in [-0.05, 0) is 37.1 Å². The summed E-state index contributed by atoms with van der Waals surface area (Å²) >= 11 is 0. The SMILES string of the molecule is CCCCN(C)C(=O)Cc1c(C)[nH]c2ccc(F)cc12. The van der Waals surface area contributed by atoms with Gasteiger partial charge in [-0.2, -0.15) is 0 Å². The van der Waals surface area contributed by atoms with Crippen molar-refractivity contribution in [3.63, 3.8) is 0 Å². The van der Waals surface area contributed by atoms with Crippen LogP contribution in [-0.4, -0.2) is 29.4 Å². The van der Waals surface area contributed by atoms with Gasteiger partial charge in [-0.1, -0.05) is 13.3 Å². The second kappa shape index (κ2) is 6.07. The molecule has 0 aliphatic heterocycles. The van der Waals surface area contributed by atoms with Gasteiger partial charge in [0.1, 0.15) is 5.82 Å². The Morgan fingerprint density at radius 2 is 2.15 bits per heavy atom. The lowest BCUT2D eigenvalue weighted by molar-refractivity contribution is -0.129. The summed E-state index contributed by atoms with van der Waals surface area (Å²) in [5.74, 6) is -0.198. The van der Waals surface area contributed by atoms with E-state index in [1.165, 1.54) is 12.1 Å². The molecule has 20 heavy (non-hydrogen) atoms. The zero-order chi connectivity index (χ0) is 14.7. The van der Waals surface area contributed by atoms with Gasteiger partial charge >= 0.3 is 0 Å². The Morgan fingerprint density at radius 1 is 1.40 bits per heavy atom. The highest BCUT2D eigenvalue weighted by Gasteiger charge is 2.15. The molecule has 0 radical (unpaired) electrons. The van der Waals surface area contributed by atoms with Gasteiger partial charge < -0.3 is 9.88 Å². The number of likely N-dealkylation sites (N-methyl/N-ethyl adjacent to an activating group) is 1. The fourth-order valence-electron chi connectivity index (χ4n) is 2.39. The molecule has 1 aromatic heterocycles. The number of H-pyrrole nitrogens is 1. The van der Waals surface area contributed by atoms with Crippen LogP contribution in [-0.2, 0) is 11.2 Å². The number of nitrogens with one attached hydrogen (secondary N) is 1. The van der Waals surface area contributed by atoms with Gasteiger partial charge in [0.25, 0.3) is 0 Å². The number of hydrogen-bond acceptors (Lipinski definition) is 1. The minimum Gasteiger partial charge on any atom is -0.358 e. The van der Waals surface area contributed by atoms with Gasteiger partial charge in [0.2, 0.25) is 5.91 Å². The van der Waals surface area contributed by atoms with Crippen molar-refractivity contribution in [1.82, 2.24) is 9.88 Å². The number of aromatic amines is 1. The molecule has 0 spiro atoms. The number of halogens is 1. The smallest absolute Gasteiger partial charge is 0.226 e. The van der Waals surface area contributed by atoms with E-state index in [1.807, 2.05) is 14.0 Å². The fraction of sp³-hybridized carbons (Fsp3) is 0.438. The normalized spacial score (nSPS) is 11.0. The highest BCUT2D eigenvalue weighted by Crippen LogP contribution is 2.24. The zero-order valence-corrected chi connectivity index (χ0v) is 12.3. The topological polar surface area (TPSA) is 36.1 Å². The predicted octanol–water partition coefficient (Wildman–Crippen LogP) is 3.42. The Hall–Kier alpha value is -1.84. The van der Waals surface area contributed by atoms with E-state index in [0.29, 0.717) is 6.42 Å². The van der Waals surface area contributed by atoms with E-state index in [0.717, 1.165) is 41.5 Å². The number of nitrogens with zero attached hydrogens (tertiary/aromatic N) is 1. The number of carbonyl (C=O) groups excluding carboxylic acids is 1. The second-order valence-electron chi connectivity index (χ2n) is 5.26. The largest absolute Gasteiger partial charge is 0.358 e. The molecule has 0 unspecified atom stereocenters. The number of hydrogen-bond donors (Lipinski definition) is 1. The second-order valence-corrected chi connectivity index (χ2v) is 5.26. The van der Waals surface area contributed by atoms with Gasteiger partial charge in [0, 0.05) is 30.2 Å². The molecule has 1 amide bonds. The van der Waals surface area contributed by atoms with E-state index in [4.69, 9.17) is 0 Å². The van der Waals surface area contributed by atoms with Crippen molar-refractivity contribution >= 4 is 16.8 Å². The van der Waals surface area contributed by atoms with E-state index in [9.17, 15) is 9.18 Å². The minimum absolute atomic E-state index is 0.0757. The van der Waals surface area contributed by atoms with Crippen LogP contribution in [0.3, 0.4) is 0 Å². The quantitative estimate of drug-likeness (QED) is 0.892. The van der Waals surface area contributed by atoms with Gasteiger partial charge in [0.05, 0.1) is 6.42 Å². The number of carbonyl (C=O) groups is 1. The fourth-order valence-corrected chi connectivity index (χ4v) is 2.39.